The molecule has 1 N–H and O–H groups in total. The predicted molar refractivity (Wildman–Crippen MR) is 117 cm³/mol. The van der Waals surface area contributed by atoms with Crippen molar-refractivity contribution >= 4 is 25.8 Å². The highest BCUT2D eigenvalue weighted by Gasteiger charge is 2.59. The molecule has 5 atom stereocenters. The third kappa shape index (κ3) is 2.96. The topological polar surface area (TPSA) is 77.9 Å². The van der Waals surface area contributed by atoms with E-state index in [0.29, 0.717) is 19.5 Å². The second-order valence-corrected chi connectivity index (χ2v) is 15.7. The largest absolute Gasteiger partial charge is 0.370 e. The fourth-order valence-corrected chi connectivity index (χ4v) is 9.17. The van der Waals surface area contributed by atoms with E-state index in [1.54, 1.807) is 4.90 Å². The molecule has 2 aliphatic heterocycles. The van der Waals surface area contributed by atoms with Crippen molar-refractivity contribution in [1.29, 1.82) is 0 Å². The summed E-state index contributed by atoms with van der Waals surface area (Å²) >= 11 is 0. The Balaban J connectivity index is 1.78. The van der Waals surface area contributed by atoms with Gasteiger partial charge in [0.25, 0.3) is 0 Å². The molecule has 4 aliphatic rings. The zero-order chi connectivity index (χ0) is 22.0. The number of aliphatic hydroxyl groups is 1. The standard InChI is InChI=1S/C23H34N2O4Si/c1-6-24-19(26)12-17(22(24)28)20(30(3,4)5)15-9-8-10-18-16(15)11-14-13-23(18,29)25(7-2)21(14)27/h9,11,14,17-18,20,29H,6-8,10,12-13H2,1-5H3/t14-,17-,18+,20+,23+/m0/s1. The van der Waals surface area contributed by atoms with E-state index in [0.717, 1.165) is 24.0 Å². The molecule has 7 heteroatoms. The lowest BCUT2D eigenvalue weighted by Crippen LogP contribution is -2.53. The number of carbonyl (C=O) groups excluding carboxylic acids is 3. The van der Waals surface area contributed by atoms with E-state index in [4.69, 9.17) is 0 Å². The minimum atomic E-state index is -1.91. The van der Waals surface area contributed by atoms with E-state index < -0.39 is 13.8 Å². The van der Waals surface area contributed by atoms with Crippen LogP contribution < -0.4 is 0 Å². The lowest BCUT2D eigenvalue weighted by Gasteiger charge is -2.46. The Hall–Kier alpha value is -1.73. The van der Waals surface area contributed by atoms with Gasteiger partial charge in [-0.15, -0.1) is 0 Å². The van der Waals surface area contributed by atoms with Crippen molar-refractivity contribution < 1.29 is 19.5 Å². The molecule has 4 rings (SSSR count). The van der Waals surface area contributed by atoms with Crippen LogP contribution in [-0.2, 0) is 14.4 Å². The number of imide groups is 1. The van der Waals surface area contributed by atoms with Gasteiger partial charge in [-0.2, -0.15) is 0 Å². The van der Waals surface area contributed by atoms with Crippen LogP contribution in [0.4, 0.5) is 0 Å². The molecule has 2 fully saturated rings. The summed E-state index contributed by atoms with van der Waals surface area (Å²) < 4.78 is 0. The number of allylic oxidation sites excluding steroid dienone is 2. The van der Waals surface area contributed by atoms with Crippen LogP contribution in [0, 0.1) is 17.8 Å². The number of carbonyl (C=O) groups is 3. The van der Waals surface area contributed by atoms with Gasteiger partial charge in [-0.05, 0) is 43.4 Å². The fraction of sp³-hybridized carbons (Fsp3) is 0.696. The molecule has 2 saturated heterocycles. The van der Waals surface area contributed by atoms with Crippen LogP contribution in [0.1, 0.15) is 39.5 Å². The Kier molecular flexibility index (Phi) is 5.13. The molecular weight excluding hydrogens is 396 g/mol. The first kappa shape index (κ1) is 21.5. The van der Waals surface area contributed by atoms with E-state index in [1.807, 2.05) is 13.8 Å². The Labute approximate surface area is 180 Å². The van der Waals surface area contributed by atoms with Gasteiger partial charge in [0.2, 0.25) is 17.7 Å². The number of hydrogen-bond acceptors (Lipinski definition) is 4. The second kappa shape index (κ2) is 7.16. The van der Waals surface area contributed by atoms with Crippen LogP contribution in [-0.4, -0.2) is 59.5 Å². The maximum atomic E-state index is 13.2. The number of amides is 3. The van der Waals surface area contributed by atoms with Gasteiger partial charge in [-0.1, -0.05) is 31.8 Å². The molecule has 2 aliphatic carbocycles. The van der Waals surface area contributed by atoms with Crippen molar-refractivity contribution in [2.75, 3.05) is 13.1 Å². The van der Waals surface area contributed by atoms with Crippen LogP contribution in [0.25, 0.3) is 0 Å². The van der Waals surface area contributed by atoms with Crippen LogP contribution in [0.3, 0.4) is 0 Å². The third-order valence-electron chi connectivity index (χ3n) is 7.62. The van der Waals surface area contributed by atoms with Gasteiger partial charge in [0, 0.05) is 31.8 Å². The van der Waals surface area contributed by atoms with Crippen LogP contribution in [0.5, 0.6) is 0 Å². The first-order chi connectivity index (χ1) is 14.0. The first-order valence-electron chi connectivity index (χ1n) is 11.3. The van der Waals surface area contributed by atoms with Crippen molar-refractivity contribution in [3.8, 4) is 0 Å². The summed E-state index contributed by atoms with van der Waals surface area (Å²) in [5.41, 5.74) is 1.07. The number of hydrogen-bond donors (Lipinski definition) is 1. The number of fused-ring (bicyclic) bond motifs is 4. The van der Waals surface area contributed by atoms with E-state index in [9.17, 15) is 19.5 Å². The smallest absolute Gasteiger partial charge is 0.233 e. The number of nitrogens with zero attached hydrogens (tertiary/aromatic N) is 2. The zero-order valence-corrected chi connectivity index (χ0v) is 19.8. The maximum Gasteiger partial charge on any atom is 0.233 e. The van der Waals surface area contributed by atoms with Gasteiger partial charge >= 0.3 is 0 Å². The van der Waals surface area contributed by atoms with Gasteiger partial charge in [0.15, 0.2) is 0 Å². The summed E-state index contributed by atoms with van der Waals surface area (Å²) in [6.07, 6.45) is 6.66. The molecule has 164 valence electrons. The molecule has 0 saturated carbocycles. The summed E-state index contributed by atoms with van der Waals surface area (Å²) in [6.45, 7) is 11.4. The average molecular weight is 431 g/mol. The predicted octanol–water partition coefficient (Wildman–Crippen LogP) is 2.92. The molecule has 0 aromatic heterocycles. The molecule has 2 heterocycles. The summed E-state index contributed by atoms with van der Waals surface area (Å²) in [5, 5.41) is 11.6. The highest BCUT2D eigenvalue weighted by Crippen LogP contribution is 2.56. The van der Waals surface area contributed by atoms with Crippen molar-refractivity contribution in [3.63, 3.8) is 0 Å². The highest BCUT2D eigenvalue weighted by atomic mass is 28.3. The Morgan fingerprint density at radius 3 is 2.43 bits per heavy atom. The molecule has 0 aromatic rings. The van der Waals surface area contributed by atoms with Crippen LogP contribution in [0.15, 0.2) is 23.3 Å². The molecule has 0 aromatic carbocycles. The molecule has 6 nitrogen and oxygen atoms in total. The van der Waals surface area contributed by atoms with Crippen LogP contribution in [0.2, 0.25) is 25.2 Å². The molecule has 0 unspecified atom stereocenters. The first-order valence-corrected chi connectivity index (χ1v) is 14.9. The van der Waals surface area contributed by atoms with Crippen LogP contribution >= 0.6 is 0 Å². The van der Waals surface area contributed by atoms with Crippen molar-refractivity contribution in [1.82, 2.24) is 9.80 Å². The summed E-state index contributed by atoms with van der Waals surface area (Å²) in [4.78, 5) is 41.6. The van der Waals surface area contributed by atoms with E-state index >= 15 is 0 Å². The van der Waals surface area contributed by atoms with E-state index in [1.165, 1.54) is 4.90 Å². The molecule has 3 amide bonds. The Bertz CT molecular complexity index is 858. The number of rotatable bonds is 5. The quantitative estimate of drug-likeness (QED) is 0.537. The summed E-state index contributed by atoms with van der Waals surface area (Å²) in [6, 6.07) is 0. The average Bonchev–Trinajstić information content (AvgIpc) is 3.05. The maximum absolute atomic E-state index is 13.2. The van der Waals surface area contributed by atoms with Gasteiger partial charge < -0.3 is 10.0 Å². The zero-order valence-electron chi connectivity index (χ0n) is 18.8. The van der Waals surface area contributed by atoms with Crippen molar-refractivity contribution in [2.45, 2.75) is 70.4 Å². The molecule has 0 spiro atoms. The molecule has 0 radical (unpaired) electrons. The third-order valence-corrected chi connectivity index (χ3v) is 10.2. The molecule has 30 heavy (non-hydrogen) atoms. The van der Waals surface area contributed by atoms with Gasteiger partial charge in [-0.25, -0.2) is 0 Å². The highest BCUT2D eigenvalue weighted by molar-refractivity contribution is 6.78. The van der Waals surface area contributed by atoms with Gasteiger partial charge in [0.1, 0.15) is 5.72 Å². The van der Waals surface area contributed by atoms with Gasteiger partial charge in [0.05, 0.1) is 19.9 Å². The van der Waals surface area contributed by atoms with Gasteiger partial charge in [-0.3, -0.25) is 19.3 Å². The SMILES string of the molecule is CCN1C(=O)C[C@@H]([C@@H](C2=CCC[C@@H]3C2=C[C@H]2C[C@]3(O)N(CC)C2=O)[Si](C)(C)C)C1=O. The minimum absolute atomic E-state index is 0.00540. The Morgan fingerprint density at radius 2 is 1.87 bits per heavy atom. The van der Waals surface area contributed by atoms with E-state index in [2.05, 4.69) is 31.8 Å². The van der Waals surface area contributed by atoms with E-state index in [-0.39, 0.29) is 47.4 Å². The minimum Gasteiger partial charge on any atom is -0.370 e. The second-order valence-electron chi connectivity index (χ2n) is 10.3. The summed E-state index contributed by atoms with van der Waals surface area (Å²) in [7, 11) is -1.91. The normalized spacial score (nSPS) is 34.9. The lowest BCUT2D eigenvalue weighted by atomic mass is 9.69. The summed E-state index contributed by atoms with van der Waals surface area (Å²) in [5.74, 6) is -0.863. The monoisotopic (exact) mass is 430 g/mol. The molecular formula is C23H34N2O4Si. The van der Waals surface area contributed by atoms with Crippen molar-refractivity contribution in [2.24, 2.45) is 17.8 Å². The number of likely N-dealkylation sites (tertiary alicyclic amines) is 2. The Morgan fingerprint density at radius 1 is 1.17 bits per heavy atom. The fourth-order valence-electron chi connectivity index (χ4n) is 6.49. The van der Waals surface area contributed by atoms with Crippen molar-refractivity contribution in [3.05, 3.63) is 23.3 Å². The lowest BCUT2D eigenvalue weighted by molar-refractivity contribution is -0.153. The molecule has 2 bridgehead atoms.